The molecule has 7 heteroatoms. The molecule has 19 heavy (non-hydrogen) atoms. The lowest BCUT2D eigenvalue weighted by atomic mass is 10.1. The Labute approximate surface area is 114 Å². The van der Waals surface area contributed by atoms with E-state index in [1.54, 1.807) is 11.8 Å². The van der Waals surface area contributed by atoms with E-state index in [1.807, 2.05) is 0 Å². The minimum atomic E-state index is -0.611. The average molecular weight is 283 g/mol. The number of amidine groups is 1. The van der Waals surface area contributed by atoms with E-state index in [9.17, 15) is 9.18 Å². The second-order valence-electron chi connectivity index (χ2n) is 4.17. The third-order valence-electron chi connectivity index (χ3n) is 2.85. The van der Waals surface area contributed by atoms with E-state index in [4.69, 9.17) is 10.9 Å². The highest BCUT2D eigenvalue weighted by Crippen LogP contribution is 2.27. The first-order valence-corrected chi connectivity index (χ1v) is 6.86. The van der Waals surface area contributed by atoms with Gasteiger partial charge < -0.3 is 16.3 Å². The Morgan fingerprint density at radius 3 is 2.95 bits per heavy atom. The van der Waals surface area contributed by atoms with E-state index in [1.165, 1.54) is 12.1 Å². The van der Waals surface area contributed by atoms with Crippen molar-refractivity contribution in [1.82, 2.24) is 0 Å². The minimum Gasteiger partial charge on any atom is -0.409 e. The van der Waals surface area contributed by atoms with Gasteiger partial charge in [-0.05, 0) is 36.8 Å². The fraction of sp³-hybridized carbons (Fsp3) is 0.333. The normalized spacial score (nSPS) is 19.4. The second kappa shape index (κ2) is 5.92. The number of hydrogen-bond donors (Lipinski definition) is 3. The molecule has 0 saturated carbocycles. The maximum Gasteiger partial charge on any atom is 0.237 e. The summed E-state index contributed by atoms with van der Waals surface area (Å²) < 4.78 is 13.8. The molecule has 102 valence electrons. The number of thioether (sulfide) groups is 1. The van der Waals surface area contributed by atoms with Gasteiger partial charge in [-0.25, -0.2) is 4.39 Å². The van der Waals surface area contributed by atoms with Crippen molar-refractivity contribution < 1.29 is 14.4 Å². The summed E-state index contributed by atoms with van der Waals surface area (Å²) in [5.41, 5.74) is 5.72. The third kappa shape index (κ3) is 3.17. The Morgan fingerprint density at radius 2 is 2.37 bits per heavy atom. The number of carbonyl (C=O) groups excluding carboxylic acids is 1. The molecule has 1 saturated heterocycles. The van der Waals surface area contributed by atoms with Crippen molar-refractivity contribution in [3.05, 3.63) is 29.6 Å². The Bertz CT molecular complexity index is 516. The Kier molecular flexibility index (Phi) is 4.26. The van der Waals surface area contributed by atoms with Crippen LogP contribution in [0.4, 0.5) is 10.1 Å². The average Bonchev–Trinajstić information content (AvgIpc) is 2.94. The molecule has 0 radical (unpaired) electrons. The standard InChI is InChI=1S/C12H14FN3O2S/c13-8-6-7(11(14)16-18)3-4-9(8)15-12(17)10-2-1-5-19-10/h3-4,6,10,18H,1-2,5H2,(H2,14,16)(H,15,17). The Morgan fingerprint density at radius 1 is 1.58 bits per heavy atom. The summed E-state index contributed by atoms with van der Waals surface area (Å²) in [6.45, 7) is 0. The molecule has 1 aromatic rings. The largest absolute Gasteiger partial charge is 0.409 e. The molecule has 1 unspecified atom stereocenters. The Balaban J connectivity index is 2.10. The molecule has 1 fully saturated rings. The summed E-state index contributed by atoms with van der Waals surface area (Å²) in [4.78, 5) is 11.9. The highest BCUT2D eigenvalue weighted by atomic mass is 32.2. The fourth-order valence-electron chi connectivity index (χ4n) is 1.83. The zero-order valence-corrected chi connectivity index (χ0v) is 10.9. The summed E-state index contributed by atoms with van der Waals surface area (Å²) in [7, 11) is 0. The second-order valence-corrected chi connectivity index (χ2v) is 5.48. The SMILES string of the molecule is N/C(=N/O)c1ccc(NC(=O)C2CCCS2)c(F)c1. The third-order valence-corrected chi connectivity index (χ3v) is 4.23. The summed E-state index contributed by atoms with van der Waals surface area (Å²) >= 11 is 1.58. The summed E-state index contributed by atoms with van der Waals surface area (Å²) in [5, 5.41) is 13.7. The summed E-state index contributed by atoms with van der Waals surface area (Å²) in [5.74, 6) is -0.00950. The van der Waals surface area contributed by atoms with Crippen molar-refractivity contribution in [2.75, 3.05) is 11.1 Å². The van der Waals surface area contributed by atoms with Crippen LogP contribution in [0.3, 0.4) is 0 Å². The van der Waals surface area contributed by atoms with Gasteiger partial charge in [0.05, 0.1) is 10.9 Å². The zero-order valence-electron chi connectivity index (χ0n) is 10.1. The van der Waals surface area contributed by atoms with Crippen molar-refractivity contribution in [2.45, 2.75) is 18.1 Å². The van der Waals surface area contributed by atoms with Crippen LogP contribution in [0.5, 0.6) is 0 Å². The van der Waals surface area contributed by atoms with Crippen LogP contribution in [-0.4, -0.2) is 28.0 Å². The predicted molar refractivity (Wildman–Crippen MR) is 73.0 cm³/mol. The van der Waals surface area contributed by atoms with Gasteiger partial charge in [0.25, 0.3) is 0 Å². The van der Waals surface area contributed by atoms with Crippen molar-refractivity contribution in [3.63, 3.8) is 0 Å². The maximum absolute atomic E-state index is 13.8. The van der Waals surface area contributed by atoms with Gasteiger partial charge in [0.15, 0.2) is 5.84 Å². The molecule has 0 bridgehead atoms. The van der Waals surface area contributed by atoms with E-state index < -0.39 is 5.82 Å². The van der Waals surface area contributed by atoms with Gasteiger partial charge in [-0.2, -0.15) is 0 Å². The molecular weight excluding hydrogens is 269 g/mol. The number of halogens is 1. The number of nitrogens with zero attached hydrogens (tertiary/aromatic N) is 1. The molecule has 0 aliphatic carbocycles. The van der Waals surface area contributed by atoms with Gasteiger partial charge in [-0.1, -0.05) is 5.16 Å². The lowest BCUT2D eigenvalue weighted by Gasteiger charge is -2.11. The smallest absolute Gasteiger partial charge is 0.237 e. The first-order valence-electron chi connectivity index (χ1n) is 5.81. The minimum absolute atomic E-state index is 0.104. The van der Waals surface area contributed by atoms with Crippen LogP contribution in [0.2, 0.25) is 0 Å². The number of benzene rings is 1. The quantitative estimate of drug-likeness (QED) is 0.341. The Hall–Kier alpha value is -1.76. The van der Waals surface area contributed by atoms with Gasteiger partial charge in [0.2, 0.25) is 5.91 Å². The molecule has 5 nitrogen and oxygen atoms in total. The number of amides is 1. The van der Waals surface area contributed by atoms with Crippen LogP contribution in [-0.2, 0) is 4.79 Å². The molecule has 1 atom stereocenters. The molecule has 1 aliphatic heterocycles. The molecule has 0 aromatic heterocycles. The van der Waals surface area contributed by atoms with Crippen LogP contribution in [0.15, 0.2) is 23.4 Å². The number of rotatable bonds is 3. The number of carbonyl (C=O) groups is 1. The number of nitrogens with one attached hydrogen (secondary N) is 1. The molecule has 4 N–H and O–H groups in total. The van der Waals surface area contributed by atoms with E-state index >= 15 is 0 Å². The summed E-state index contributed by atoms with van der Waals surface area (Å²) in [6.07, 6.45) is 1.83. The van der Waals surface area contributed by atoms with E-state index in [2.05, 4.69) is 10.5 Å². The fourth-order valence-corrected chi connectivity index (χ4v) is 2.99. The molecule has 1 heterocycles. The molecule has 1 aromatic carbocycles. The van der Waals surface area contributed by atoms with Crippen LogP contribution in [0.1, 0.15) is 18.4 Å². The van der Waals surface area contributed by atoms with Crippen LogP contribution >= 0.6 is 11.8 Å². The van der Waals surface area contributed by atoms with Crippen molar-refractivity contribution in [1.29, 1.82) is 0 Å². The van der Waals surface area contributed by atoms with E-state index in [0.717, 1.165) is 24.7 Å². The van der Waals surface area contributed by atoms with Crippen LogP contribution in [0.25, 0.3) is 0 Å². The lowest BCUT2D eigenvalue weighted by Crippen LogP contribution is -2.23. The summed E-state index contributed by atoms with van der Waals surface area (Å²) in [6, 6.07) is 4.00. The van der Waals surface area contributed by atoms with Crippen molar-refractivity contribution >= 4 is 29.2 Å². The molecule has 1 amide bonds. The van der Waals surface area contributed by atoms with Crippen molar-refractivity contribution in [3.8, 4) is 0 Å². The van der Waals surface area contributed by atoms with Crippen LogP contribution in [0, 0.1) is 5.82 Å². The monoisotopic (exact) mass is 283 g/mol. The van der Waals surface area contributed by atoms with Gasteiger partial charge in [-0.3, -0.25) is 4.79 Å². The highest BCUT2D eigenvalue weighted by molar-refractivity contribution is 8.00. The van der Waals surface area contributed by atoms with Gasteiger partial charge in [-0.15, -0.1) is 11.8 Å². The molecule has 2 rings (SSSR count). The van der Waals surface area contributed by atoms with Gasteiger partial charge in [0, 0.05) is 5.56 Å². The molecule has 1 aliphatic rings. The van der Waals surface area contributed by atoms with Crippen LogP contribution < -0.4 is 11.1 Å². The van der Waals surface area contributed by atoms with Crippen molar-refractivity contribution in [2.24, 2.45) is 10.9 Å². The first-order chi connectivity index (χ1) is 9.11. The number of nitrogens with two attached hydrogens (primary N) is 1. The topological polar surface area (TPSA) is 87.7 Å². The van der Waals surface area contributed by atoms with E-state index in [0.29, 0.717) is 0 Å². The van der Waals surface area contributed by atoms with E-state index in [-0.39, 0.29) is 28.2 Å². The lowest BCUT2D eigenvalue weighted by molar-refractivity contribution is -0.115. The highest BCUT2D eigenvalue weighted by Gasteiger charge is 2.24. The number of anilines is 1. The van der Waals surface area contributed by atoms with Gasteiger partial charge in [0.1, 0.15) is 5.82 Å². The van der Waals surface area contributed by atoms with Gasteiger partial charge >= 0.3 is 0 Å². The molecular formula is C12H14FN3O2S. The zero-order chi connectivity index (χ0) is 13.8. The predicted octanol–water partition coefficient (Wildman–Crippen LogP) is 1.75. The molecule has 0 spiro atoms. The first kappa shape index (κ1) is 13.7. The number of hydrogen-bond acceptors (Lipinski definition) is 4. The number of oxime groups is 1. The maximum atomic E-state index is 13.8.